The Morgan fingerprint density at radius 3 is 2.27 bits per heavy atom. The topological polar surface area (TPSA) is 0 Å². The van der Waals surface area contributed by atoms with E-state index < -0.39 is 0 Å². The number of benzene rings is 1. The molecule has 0 fully saturated rings. The maximum absolute atomic E-state index is 5.63. The van der Waals surface area contributed by atoms with Crippen LogP contribution in [0.15, 0.2) is 28.0 Å². The van der Waals surface area contributed by atoms with E-state index in [0.717, 1.165) is 9.79 Å². The van der Waals surface area contributed by atoms with Crippen molar-refractivity contribution >= 4 is 43.3 Å². The molecular weight excluding hydrogens is 219 g/mol. The Kier molecular flexibility index (Phi) is 3.93. The maximum atomic E-state index is 5.63. The van der Waals surface area contributed by atoms with E-state index in [1.54, 1.807) is 0 Å². The average molecular weight is 225 g/mol. The molecule has 11 heavy (non-hydrogen) atoms. The van der Waals surface area contributed by atoms with Crippen molar-refractivity contribution in [3.63, 3.8) is 0 Å². The molecule has 0 aliphatic carbocycles. The van der Waals surface area contributed by atoms with E-state index in [0.29, 0.717) is 0 Å². The fourth-order valence-corrected chi connectivity index (χ4v) is 2.68. The number of hydrogen-bond donors (Lipinski definition) is 0. The third-order valence-corrected chi connectivity index (χ3v) is 3.42. The molecule has 0 atom stereocenters. The van der Waals surface area contributed by atoms with Gasteiger partial charge in [-0.25, -0.2) is 0 Å². The summed E-state index contributed by atoms with van der Waals surface area (Å²) in [7, 11) is 13.6. The summed E-state index contributed by atoms with van der Waals surface area (Å²) >= 11 is 0. The Morgan fingerprint density at radius 1 is 1.09 bits per heavy atom. The Labute approximate surface area is 83.7 Å². The van der Waals surface area contributed by atoms with Gasteiger partial charge in [0, 0.05) is 9.79 Å². The highest BCUT2D eigenvalue weighted by Crippen LogP contribution is 2.35. The monoisotopic (exact) mass is 224 g/mol. The Morgan fingerprint density at radius 2 is 1.73 bits per heavy atom. The zero-order chi connectivity index (χ0) is 8.27. The molecule has 60 valence electrons. The van der Waals surface area contributed by atoms with Crippen LogP contribution in [0.4, 0.5) is 0 Å². The molecule has 0 unspecified atom stereocenters. The molecule has 0 bridgehead atoms. The first-order valence-corrected chi connectivity index (χ1v) is 6.24. The highest BCUT2D eigenvalue weighted by atomic mass is 35.7. The first-order chi connectivity index (χ1) is 5.27. The molecule has 4 heteroatoms. The second-order valence-electron chi connectivity index (χ2n) is 2.10. The molecule has 0 radical (unpaired) electrons. The van der Waals surface area contributed by atoms with Crippen molar-refractivity contribution in [3.05, 3.63) is 23.8 Å². The molecule has 1 aromatic carbocycles. The quantitative estimate of drug-likeness (QED) is 0.727. The van der Waals surface area contributed by atoms with E-state index in [1.165, 1.54) is 27.5 Å². The predicted molar refractivity (Wildman–Crippen MR) is 54.6 cm³/mol. The lowest BCUT2D eigenvalue weighted by Crippen LogP contribution is -1.76. The van der Waals surface area contributed by atoms with Crippen LogP contribution < -0.4 is 0 Å². The minimum absolute atomic E-state index is 1.01. The van der Waals surface area contributed by atoms with E-state index >= 15 is 0 Å². The van der Waals surface area contributed by atoms with Crippen LogP contribution in [0, 0.1) is 6.92 Å². The van der Waals surface area contributed by atoms with Crippen LogP contribution in [0.1, 0.15) is 5.56 Å². The zero-order valence-corrected chi connectivity index (χ0v) is 8.95. The van der Waals surface area contributed by atoms with E-state index in [4.69, 9.17) is 21.4 Å². The van der Waals surface area contributed by atoms with Crippen LogP contribution in [0.2, 0.25) is 0 Å². The average Bonchev–Trinajstić information content (AvgIpc) is 2.04. The van der Waals surface area contributed by atoms with Gasteiger partial charge in [-0.05, 0) is 67.9 Å². The second kappa shape index (κ2) is 4.51. The minimum atomic E-state index is 1.01. The van der Waals surface area contributed by atoms with Gasteiger partial charge in [-0.3, -0.25) is 0 Å². The van der Waals surface area contributed by atoms with Crippen molar-refractivity contribution < 1.29 is 0 Å². The van der Waals surface area contributed by atoms with E-state index in [1.807, 2.05) is 25.1 Å². The summed E-state index contributed by atoms with van der Waals surface area (Å²) in [6.45, 7) is 2.03. The summed E-state index contributed by atoms with van der Waals surface area (Å²) in [5.74, 6) is 0. The van der Waals surface area contributed by atoms with Gasteiger partial charge in [0.15, 0.2) is 0 Å². The second-order valence-corrected chi connectivity index (χ2v) is 4.22. The van der Waals surface area contributed by atoms with E-state index in [-0.39, 0.29) is 0 Å². The van der Waals surface area contributed by atoms with Gasteiger partial charge in [0.05, 0.1) is 0 Å². The van der Waals surface area contributed by atoms with Crippen LogP contribution in [0.5, 0.6) is 0 Å². The number of aryl methyl sites for hydroxylation is 1. The molecule has 0 saturated carbocycles. The van der Waals surface area contributed by atoms with Crippen molar-refractivity contribution in [1.82, 2.24) is 0 Å². The molecule has 0 aliphatic rings. The number of halogens is 2. The summed E-state index contributed by atoms with van der Waals surface area (Å²) in [6, 6.07) is 6.00. The van der Waals surface area contributed by atoms with Crippen molar-refractivity contribution in [2.75, 3.05) is 0 Å². The number of hydrogen-bond acceptors (Lipinski definition) is 2. The van der Waals surface area contributed by atoms with Crippen LogP contribution in [0.25, 0.3) is 0 Å². The largest absolute Gasteiger partial charge is 0.0581 e. The van der Waals surface area contributed by atoms with Crippen LogP contribution in [0.3, 0.4) is 0 Å². The van der Waals surface area contributed by atoms with E-state index in [2.05, 4.69) is 0 Å². The van der Waals surface area contributed by atoms with E-state index in [9.17, 15) is 0 Å². The molecular formula is C7H6Cl2S2. The summed E-state index contributed by atoms with van der Waals surface area (Å²) in [4.78, 5) is 2.03. The summed E-state index contributed by atoms with van der Waals surface area (Å²) < 4.78 is 0. The highest BCUT2D eigenvalue weighted by molar-refractivity contribution is 8.23. The third kappa shape index (κ3) is 2.48. The first-order valence-electron chi connectivity index (χ1n) is 2.95. The summed E-state index contributed by atoms with van der Waals surface area (Å²) in [5, 5.41) is 0. The van der Waals surface area contributed by atoms with Gasteiger partial charge in [-0.2, -0.15) is 0 Å². The van der Waals surface area contributed by atoms with Gasteiger partial charge in [0.2, 0.25) is 0 Å². The van der Waals surface area contributed by atoms with Crippen molar-refractivity contribution in [2.24, 2.45) is 0 Å². The molecule has 0 spiro atoms. The Balaban J connectivity index is 3.06. The third-order valence-electron chi connectivity index (χ3n) is 1.27. The van der Waals surface area contributed by atoms with Crippen molar-refractivity contribution in [3.8, 4) is 0 Å². The molecule has 0 nitrogen and oxygen atoms in total. The fraction of sp³-hybridized carbons (Fsp3) is 0.143. The lowest BCUT2D eigenvalue weighted by molar-refractivity contribution is 1.22. The van der Waals surface area contributed by atoms with Crippen LogP contribution in [-0.4, -0.2) is 0 Å². The van der Waals surface area contributed by atoms with Gasteiger partial charge in [-0.15, -0.1) is 0 Å². The Bertz CT molecular complexity index is 250. The molecule has 0 heterocycles. The summed E-state index contributed by atoms with van der Waals surface area (Å²) in [5.41, 5.74) is 1.20. The fourth-order valence-electron chi connectivity index (χ4n) is 0.739. The van der Waals surface area contributed by atoms with Gasteiger partial charge in [0.25, 0.3) is 0 Å². The zero-order valence-electron chi connectivity index (χ0n) is 5.80. The van der Waals surface area contributed by atoms with Crippen molar-refractivity contribution in [2.45, 2.75) is 16.7 Å². The standard InChI is InChI=1S/C7H6Cl2S2/c1-5-2-3-6(10-8)7(4-5)11-9/h2-4H,1H3. The molecule has 0 N–H and O–H groups in total. The maximum Gasteiger partial charge on any atom is 0.0384 e. The van der Waals surface area contributed by atoms with Gasteiger partial charge in [-0.1, -0.05) is 6.07 Å². The lowest BCUT2D eigenvalue weighted by atomic mass is 10.2. The molecule has 0 saturated heterocycles. The smallest absolute Gasteiger partial charge is 0.0384 e. The number of rotatable bonds is 2. The SMILES string of the molecule is Cc1ccc(SCl)c(SCl)c1. The first kappa shape index (κ1) is 9.59. The van der Waals surface area contributed by atoms with Crippen molar-refractivity contribution in [1.29, 1.82) is 0 Å². The van der Waals surface area contributed by atoms with Gasteiger partial charge < -0.3 is 0 Å². The minimum Gasteiger partial charge on any atom is -0.0581 e. The molecule has 1 rings (SSSR count). The molecule has 1 aromatic rings. The molecule has 0 aromatic heterocycles. The highest BCUT2D eigenvalue weighted by Gasteiger charge is 2.01. The van der Waals surface area contributed by atoms with Crippen LogP contribution in [-0.2, 0) is 0 Å². The predicted octanol–water partition coefficient (Wildman–Crippen LogP) is 4.49. The molecule has 0 amide bonds. The normalized spacial score (nSPS) is 10.1. The van der Waals surface area contributed by atoms with Gasteiger partial charge in [0.1, 0.15) is 0 Å². The summed E-state index contributed by atoms with van der Waals surface area (Å²) in [6.07, 6.45) is 0. The molecule has 0 aliphatic heterocycles. The lowest BCUT2D eigenvalue weighted by Gasteiger charge is -2.01. The van der Waals surface area contributed by atoms with Gasteiger partial charge >= 0.3 is 0 Å². The van der Waals surface area contributed by atoms with Crippen LogP contribution >= 0.6 is 43.3 Å². The Hall–Kier alpha value is 0.500.